The monoisotopic (exact) mass is 296 g/mol. The molecule has 0 aliphatic carbocycles. The Kier molecular flexibility index (Phi) is 9.21. The van der Waals surface area contributed by atoms with E-state index in [-0.39, 0.29) is 71.1 Å². The third kappa shape index (κ3) is 4.82. The molecule has 0 aromatic heterocycles. The van der Waals surface area contributed by atoms with Crippen LogP contribution in [0.2, 0.25) is 0 Å². The summed E-state index contributed by atoms with van der Waals surface area (Å²) in [4.78, 5) is 21.9. The average molecular weight is 296 g/mol. The quantitative estimate of drug-likeness (QED) is 0.512. The summed E-state index contributed by atoms with van der Waals surface area (Å²) in [5, 5.41) is 21.9. The van der Waals surface area contributed by atoms with Gasteiger partial charge in [0.05, 0.1) is 25.2 Å². The molecule has 1 saturated heterocycles. The zero-order chi connectivity index (χ0) is 13.1. The van der Waals surface area contributed by atoms with E-state index < -0.39 is 23.8 Å². The predicted molar refractivity (Wildman–Crippen MR) is 54.5 cm³/mol. The molecule has 2 rings (SSSR count). The van der Waals surface area contributed by atoms with Crippen molar-refractivity contribution in [3.05, 3.63) is 34.9 Å². The van der Waals surface area contributed by atoms with Gasteiger partial charge in [-0.15, -0.1) is 0 Å². The standard InChI is InChI=1S/C12H12O6.2Na/c13-11(14)8-3-1-2-7(10(8)12(15)16)6-9-17-4-5-18-9;;/h1-3,9H,4-6H2,(H,13,14)(H,15,16);;/q;2*+1/p-2. The summed E-state index contributed by atoms with van der Waals surface area (Å²) in [6.45, 7) is 0.872. The van der Waals surface area contributed by atoms with Crippen molar-refractivity contribution in [2.24, 2.45) is 0 Å². The Hall–Kier alpha value is 0.0800. The zero-order valence-electron chi connectivity index (χ0n) is 11.4. The summed E-state index contributed by atoms with van der Waals surface area (Å²) in [5.74, 6) is -3.10. The van der Waals surface area contributed by atoms with Gasteiger partial charge in [-0.05, 0) is 5.56 Å². The molecule has 1 heterocycles. The largest absolute Gasteiger partial charge is 1.00 e. The van der Waals surface area contributed by atoms with Crippen LogP contribution in [-0.2, 0) is 15.9 Å². The molecule has 8 heteroatoms. The van der Waals surface area contributed by atoms with Crippen LogP contribution in [0.15, 0.2) is 18.2 Å². The van der Waals surface area contributed by atoms with Crippen molar-refractivity contribution in [2.75, 3.05) is 13.2 Å². The smallest absolute Gasteiger partial charge is 0.545 e. The van der Waals surface area contributed by atoms with E-state index in [0.29, 0.717) is 18.8 Å². The number of carbonyl (C=O) groups is 2. The van der Waals surface area contributed by atoms with Gasteiger partial charge in [0.2, 0.25) is 0 Å². The fraction of sp³-hybridized carbons (Fsp3) is 0.333. The molecule has 0 spiro atoms. The van der Waals surface area contributed by atoms with E-state index in [1.54, 1.807) is 0 Å². The van der Waals surface area contributed by atoms with Crippen LogP contribution in [0.25, 0.3) is 0 Å². The van der Waals surface area contributed by atoms with Gasteiger partial charge in [-0.3, -0.25) is 0 Å². The number of carbonyl (C=O) groups excluding carboxylic acids is 2. The summed E-state index contributed by atoms with van der Waals surface area (Å²) in [5.41, 5.74) is -0.481. The Balaban J connectivity index is 0.00000180. The first-order valence-corrected chi connectivity index (χ1v) is 5.37. The number of benzene rings is 1. The van der Waals surface area contributed by atoms with Crippen LogP contribution in [0.4, 0.5) is 0 Å². The minimum Gasteiger partial charge on any atom is -0.545 e. The first kappa shape index (κ1) is 20.1. The number of ether oxygens (including phenoxy) is 2. The van der Waals surface area contributed by atoms with Gasteiger partial charge in [0.15, 0.2) is 6.29 Å². The van der Waals surface area contributed by atoms with Crippen molar-refractivity contribution in [2.45, 2.75) is 12.7 Å². The van der Waals surface area contributed by atoms with E-state index in [1.807, 2.05) is 0 Å². The summed E-state index contributed by atoms with van der Waals surface area (Å²) in [6, 6.07) is 4.12. The third-order valence-corrected chi connectivity index (χ3v) is 2.65. The SMILES string of the molecule is O=C([O-])c1cccc(CC2OCCO2)c1C(=O)[O-].[Na+].[Na+]. The maximum Gasteiger partial charge on any atom is 1.00 e. The number of rotatable bonds is 4. The maximum atomic E-state index is 11.0. The van der Waals surface area contributed by atoms with Gasteiger partial charge >= 0.3 is 59.1 Å². The molecular formula is C12H10Na2O6. The van der Waals surface area contributed by atoms with Crippen molar-refractivity contribution in [1.82, 2.24) is 0 Å². The van der Waals surface area contributed by atoms with Gasteiger partial charge in [-0.25, -0.2) is 0 Å². The van der Waals surface area contributed by atoms with Crippen LogP contribution in [0.3, 0.4) is 0 Å². The van der Waals surface area contributed by atoms with E-state index in [4.69, 9.17) is 9.47 Å². The molecule has 0 N–H and O–H groups in total. The van der Waals surface area contributed by atoms with E-state index in [9.17, 15) is 19.8 Å². The number of hydrogen-bond donors (Lipinski definition) is 0. The van der Waals surface area contributed by atoms with Crippen LogP contribution < -0.4 is 69.3 Å². The molecule has 1 aromatic carbocycles. The summed E-state index contributed by atoms with van der Waals surface area (Å²) < 4.78 is 10.4. The molecule has 0 bridgehead atoms. The molecule has 0 saturated carbocycles. The van der Waals surface area contributed by atoms with Crippen molar-refractivity contribution < 1.29 is 88.4 Å². The van der Waals surface area contributed by atoms with Crippen LogP contribution in [0.1, 0.15) is 26.3 Å². The maximum absolute atomic E-state index is 11.0. The van der Waals surface area contributed by atoms with E-state index in [2.05, 4.69) is 0 Å². The first-order valence-electron chi connectivity index (χ1n) is 5.37. The molecule has 20 heavy (non-hydrogen) atoms. The van der Waals surface area contributed by atoms with Crippen molar-refractivity contribution in [3.63, 3.8) is 0 Å². The van der Waals surface area contributed by atoms with Gasteiger partial charge < -0.3 is 29.3 Å². The van der Waals surface area contributed by atoms with E-state index in [1.165, 1.54) is 18.2 Å². The first-order chi connectivity index (χ1) is 8.59. The van der Waals surface area contributed by atoms with Crippen LogP contribution in [-0.4, -0.2) is 31.4 Å². The average Bonchev–Trinajstić information content (AvgIpc) is 2.81. The van der Waals surface area contributed by atoms with Crippen LogP contribution in [0.5, 0.6) is 0 Å². The Labute approximate surface area is 160 Å². The molecule has 1 aliphatic heterocycles. The normalized spacial score (nSPS) is 14.2. The number of aromatic carboxylic acids is 2. The topological polar surface area (TPSA) is 98.7 Å². The molecule has 0 unspecified atom stereocenters. The number of carboxylic acid groups (broad SMARTS) is 2. The summed E-state index contributed by atoms with van der Waals surface area (Å²) >= 11 is 0. The molecule has 0 atom stereocenters. The third-order valence-electron chi connectivity index (χ3n) is 2.65. The minimum atomic E-state index is -1.55. The summed E-state index contributed by atoms with van der Waals surface area (Å²) in [6.07, 6.45) is -0.398. The molecule has 1 fully saturated rings. The molecule has 0 radical (unpaired) electrons. The molecule has 96 valence electrons. The Morgan fingerprint density at radius 1 is 1.10 bits per heavy atom. The number of hydrogen-bond acceptors (Lipinski definition) is 6. The molecule has 6 nitrogen and oxygen atoms in total. The Bertz CT molecular complexity index is 485. The predicted octanol–water partition coefficient (Wildman–Crippen LogP) is -7.66. The van der Waals surface area contributed by atoms with Gasteiger partial charge in [0, 0.05) is 17.5 Å². The van der Waals surface area contributed by atoms with Crippen LogP contribution >= 0.6 is 0 Å². The molecule has 1 aliphatic rings. The zero-order valence-corrected chi connectivity index (χ0v) is 15.4. The van der Waals surface area contributed by atoms with Gasteiger partial charge in [0.25, 0.3) is 0 Å². The molecular weight excluding hydrogens is 286 g/mol. The summed E-state index contributed by atoms with van der Waals surface area (Å²) in [7, 11) is 0. The Morgan fingerprint density at radius 3 is 2.20 bits per heavy atom. The van der Waals surface area contributed by atoms with Crippen LogP contribution in [0, 0.1) is 0 Å². The second kappa shape index (κ2) is 9.17. The minimum absolute atomic E-state index is 0. The Morgan fingerprint density at radius 2 is 1.70 bits per heavy atom. The van der Waals surface area contributed by atoms with E-state index >= 15 is 0 Å². The van der Waals surface area contributed by atoms with Gasteiger partial charge in [-0.2, -0.15) is 0 Å². The van der Waals surface area contributed by atoms with Crippen molar-refractivity contribution >= 4 is 11.9 Å². The molecule has 1 aromatic rings. The van der Waals surface area contributed by atoms with Crippen molar-refractivity contribution in [3.8, 4) is 0 Å². The second-order valence-electron chi connectivity index (χ2n) is 3.79. The second-order valence-corrected chi connectivity index (χ2v) is 3.79. The van der Waals surface area contributed by atoms with Crippen molar-refractivity contribution in [1.29, 1.82) is 0 Å². The van der Waals surface area contributed by atoms with E-state index in [0.717, 1.165) is 0 Å². The fourth-order valence-corrected chi connectivity index (χ4v) is 1.89. The molecule has 0 amide bonds. The van der Waals surface area contributed by atoms with Gasteiger partial charge in [-0.1, -0.05) is 18.2 Å². The fourth-order valence-electron chi connectivity index (χ4n) is 1.89. The van der Waals surface area contributed by atoms with Gasteiger partial charge in [0.1, 0.15) is 0 Å². The number of carboxylic acids is 2.